The quantitative estimate of drug-likeness (QED) is 0.790. The number of hydrogen-bond donors (Lipinski definition) is 1. The van der Waals surface area contributed by atoms with Crippen LogP contribution < -0.4 is 0 Å². The van der Waals surface area contributed by atoms with E-state index < -0.39 is 0 Å². The Hall–Kier alpha value is -1.75. The van der Waals surface area contributed by atoms with Gasteiger partial charge >= 0.3 is 0 Å². The van der Waals surface area contributed by atoms with Crippen LogP contribution in [0.25, 0.3) is 11.4 Å². The molecule has 0 aliphatic heterocycles. The van der Waals surface area contributed by atoms with Crippen LogP contribution in [0.1, 0.15) is 31.2 Å². The van der Waals surface area contributed by atoms with E-state index in [1.807, 2.05) is 12.3 Å². The molecule has 0 aromatic carbocycles. The SMILES string of the molecule is CCc1cnccc1-c1noc(CCCCO)n1. The molecule has 2 rings (SSSR count). The average Bonchev–Trinajstić information content (AvgIpc) is 2.88. The molecule has 0 unspecified atom stereocenters. The van der Waals surface area contributed by atoms with E-state index in [0.717, 1.165) is 30.4 Å². The van der Waals surface area contributed by atoms with Gasteiger partial charge in [0.05, 0.1) is 0 Å². The highest BCUT2D eigenvalue weighted by atomic mass is 16.5. The van der Waals surface area contributed by atoms with Gasteiger partial charge in [0.15, 0.2) is 0 Å². The molecule has 0 saturated carbocycles. The molecule has 0 amide bonds. The summed E-state index contributed by atoms with van der Waals surface area (Å²) < 4.78 is 5.20. The summed E-state index contributed by atoms with van der Waals surface area (Å²) in [7, 11) is 0. The molecule has 2 aromatic rings. The highest BCUT2D eigenvalue weighted by Crippen LogP contribution is 2.20. The fourth-order valence-corrected chi connectivity index (χ4v) is 1.78. The van der Waals surface area contributed by atoms with Gasteiger partial charge in [0.25, 0.3) is 0 Å². The molecule has 96 valence electrons. The van der Waals surface area contributed by atoms with E-state index in [9.17, 15) is 0 Å². The largest absolute Gasteiger partial charge is 0.396 e. The second-order valence-corrected chi connectivity index (χ2v) is 4.08. The number of unbranched alkanes of at least 4 members (excludes halogenated alkanes) is 1. The Bertz CT molecular complexity index is 496. The van der Waals surface area contributed by atoms with E-state index in [4.69, 9.17) is 9.63 Å². The van der Waals surface area contributed by atoms with Gasteiger partial charge in [-0.2, -0.15) is 4.98 Å². The Kier molecular flexibility index (Phi) is 4.41. The van der Waals surface area contributed by atoms with Gasteiger partial charge in [-0.25, -0.2) is 0 Å². The molecule has 0 atom stereocenters. The molecule has 2 aromatic heterocycles. The van der Waals surface area contributed by atoms with E-state index in [2.05, 4.69) is 22.0 Å². The van der Waals surface area contributed by atoms with Gasteiger partial charge in [-0.05, 0) is 30.9 Å². The summed E-state index contributed by atoms with van der Waals surface area (Å²) in [5.74, 6) is 1.24. The maximum absolute atomic E-state index is 8.72. The Morgan fingerprint density at radius 1 is 1.33 bits per heavy atom. The van der Waals surface area contributed by atoms with Gasteiger partial charge in [0.1, 0.15) is 0 Å². The van der Waals surface area contributed by atoms with E-state index in [0.29, 0.717) is 18.1 Å². The third-order valence-electron chi connectivity index (χ3n) is 2.79. The van der Waals surface area contributed by atoms with Gasteiger partial charge in [-0.3, -0.25) is 4.98 Å². The third kappa shape index (κ3) is 2.92. The minimum absolute atomic E-state index is 0.200. The Morgan fingerprint density at radius 2 is 2.22 bits per heavy atom. The molecule has 0 aliphatic carbocycles. The van der Waals surface area contributed by atoms with Crippen LogP contribution in [0.3, 0.4) is 0 Å². The summed E-state index contributed by atoms with van der Waals surface area (Å²) in [5.41, 5.74) is 2.09. The number of pyridine rings is 1. The summed E-state index contributed by atoms with van der Waals surface area (Å²) in [5, 5.41) is 12.7. The molecule has 1 N–H and O–H groups in total. The summed E-state index contributed by atoms with van der Waals surface area (Å²) in [6.45, 7) is 2.27. The van der Waals surface area contributed by atoms with Gasteiger partial charge in [0.2, 0.25) is 11.7 Å². The summed E-state index contributed by atoms with van der Waals surface area (Å²) in [6, 6.07) is 1.90. The minimum atomic E-state index is 0.200. The van der Waals surface area contributed by atoms with Crippen molar-refractivity contribution in [1.29, 1.82) is 0 Å². The van der Waals surface area contributed by atoms with Gasteiger partial charge in [-0.15, -0.1) is 0 Å². The lowest BCUT2D eigenvalue weighted by molar-refractivity contribution is 0.281. The zero-order chi connectivity index (χ0) is 12.8. The standard InChI is InChI=1S/C13H17N3O2/c1-2-10-9-14-7-6-11(10)13-15-12(18-16-13)5-3-4-8-17/h6-7,9,17H,2-5,8H2,1H3. The second-order valence-electron chi connectivity index (χ2n) is 4.08. The zero-order valence-electron chi connectivity index (χ0n) is 10.5. The van der Waals surface area contributed by atoms with Crippen molar-refractivity contribution in [3.8, 4) is 11.4 Å². The number of aryl methyl sites for hydroxylation is 2. The fraction of sp³-hybridized carbons (Fsp3) is 0.462. The van der Waals surface area contributed by atoms with Crippen molar-refractivity contribution in [3.05, 3.63) is 29.9 Å². The van der Waals surface area contributed by atoms with Crippen molar-refractivity contribution < 1.29 is 9.63 Å². The molecule has 18 heavy (non-hydrogen) atoms. The number of nitrogens with zero attached hydrogens (tertiary/aromatic N) is 3. The van der Waals surface area contributed by atoms with Crippen LogP contribution in [0, 0.1) is 0 Å². The zero-order valence-corrected chi connectivity index (χ0v) is 10.5. The second kappa shape index (κ2) is 6.26. The maximum Gasteiger partial charge on any atom is 0.226 e. The molecule has 0 saturated heterocycles. The lowest BCUT2D eigenvalue weighted by Gasteiger charge is -2.00. The van der Waals surface area contributed by atoms with Crippen LogP contribution in [0.2, 0.25) is 0 Å². The average molecular weight is 247 g/mol. The Balaban J connectivity index is 2.13. The lowest BCUT2D eigenvalue weighted by Crippen LogP contribution is -1.92. The number of aliphatic hydroxyl groups excluding tert-OH is 1. The Morgan fingerprint density at radius 3 is 3.00 bits per heavy atom. The monoisotopic (exact) mass is 247 g/mol. The summed E-state index contributed by atoms with van der Waals surface area (Å²) in [6.07, 6.45) is 6.77. The molecule has 0 fully saturated rings. The highest BCUT2D eigenvalue weighted by Gasteiger charge is 2.11. The van der Waals surface area contributed by atoms with Crippen molar-refractivity contribution in [2.45, 2.75) is 32.6 Å². The number of hydrogen-bond acceptors (Lipinski definition) is 5. The third-order valence-corrected chi connectivity index (χ3v) is 2.79. The van der Waals surface area contributed by atoms with Crippen LogP contribution in [-0.4, -0.2) is 26.8 Å². The van der Waals surface area contributed by atoms with Crippen molar-refractivity contribution in [1.82, 2.24) is 15.1 Å². The molecular weight excluding hydrogens is 230 g/mol. The molecule has 5 heteroatoms. The molecule has 0 radical (unpaired) electrons. The Labute approximate surface area is 106 Å². The van der Waals surface area contributed by atoms with Crippen molar-refractivity contribution in [2.24, 2.45) is 0 Å². The van der Waals surface area contributed by atoms with Crippen molar-refractivity contribution in [2.75, 3.05) is 6.61 Å². The van der Waals surface area contributed by atoms with Crippen molar-refractivity contribution >= 4 is 0 Å². The van der Waals surface area contributed by atoms with E-state index in [-0.39, 0.29) is 6.61 Å². The molecule has 0 spiro atoms. The maximum atomic E-state index is 8.72. The molecular formula is C13H17N3O2. The fourth-order valence-electron chi connectivity index (χ4n) is 1.78. The molecule has 0 aliphatic rings. The lowest BCUT2D eigenvalue weighted by atomic mass is 10.1. The van der Waals surface area contributed by atoms with Crippen LogP contribution in [0.5, 0.6) is 0 Å². The van der Waals surface area contributed by atoms with Crippen LogP contribution in [0.15, 0.2) is 23.0 Å². The van der Waals surface area contributed by atoms with E-state index in [1.54, 1.807) is 6.20 Å². The smallest absolute Gasteiger partial charge is 0.226 e. The first-order chi connectivity index (χ1) is 8.85. The first kappa shape index (κ1) is 12.7. The first-order valence-electron chi connectivity index (χ1n) is 6.22. The normalized spacial score (nSPS) is 10.8. The van der Waals surface area contributed by atoms with E-state index in [1.165, 1.54) is 0 Å². The molecule has 2 heterocycles. The number of aliphatic hydroxyl groups is 1. The van der Waals surface area contributed by atoms with Crippen LogP contribution in [-0.2, 0) is 12.8 Å². The van der Waals surface area contributed by atoms with Gasteiger partial charge < -0.3 is 9.63 Å². The summed E-state index contributed by atoms with van der Waals surface area (Å²) in [4.78, 5) is 8.47. The van der Waals surface area contributed by atoms with Gasteiger partial charge in [0, 0.05) is 31.0 Å². The van der Waals surface area contributed by atoms with E-state index >= 15 is 0 Å². The summed E-state index contributed by atoms with van der Waals surface area (Å²) >= 11 is 0. The topological polar surface area (TPSA) is 72.0 Å². The van der Waals surface area contributed by atoms with Crippen molar-refractivity contribution in [3.63, 3.8) is 0 Å². The van der Waals surface area contributed by atoms with Crippen LogP contribution in [0.4, 0.5) is 0 Å². The molecule has 5 nitrogen and oxygen atoms in total. The minimum Gasteiger partial charge on any atom is -0.396 e. The van der Waals surface area contributed by atoms with Crippen LogP contribution >= 0.6 is 0 Å². The van der Waals surface area contributed by atoms with Gasteiger partial charge in [-0.1, -0.05) is 12.1 Å². The molecule has 0 bridgehead atoms. The highest BCUT2D eigenvalue weighted by molar-refractivity contribution is 5.58. The number of aromatic nitrogens is 3. The first-order valence-corrected chi connectivity index (χ1v) is 6.22. The number of rotatable bonds is 6. The predicted octanol–water partition coefficient (Wildman–Crippen LogP) is 2.01. The predicted molar refractivity (Wildman–Crippen MR) is 66.9 cm³/mol.